The Kier molecular flexibility index (Phi) is 8.02. The molecule has 18 heavy (non-hydrogen) atoms. The van der Waals surface area contributed by atoms with Crippen LogP contribution in [0.3, 0.4) is 0 Å². The van der Waals surface area contributed by atoms with Crippen molar-refractivity contribution in [1.29, 1.82) is 0 Å². The zero-order valence-electron chi connectivity index (χ0n) is 11.0. The average molecular weight is 270 g/mol. The highest BCUT2D eigenvalue weighted by atomic mass is 35.5. The van der Waals surface area contributed by atoms with Crippen LogP contribution in [0.5, 0.6) is 11.5 Å². The molecule has 0 amide bonds. The third kappa shape index (κ3) is 4.87. The molecule has 0 aromatic heterocycles. The van der Waals surface area contributed by atoms with E-state index in [-0.39, 0.29) is 19.0 Å². The number of hydrogen-bond acceptors (Lipinski definition) is 3. The van der Waals surface area contributed by atoms with E-state index in [1.165, 1.54) is 0 Å². The number of para-hydroxylation sites is 1. The average Bonchev–Trinajstić information content (AvgIpc) is 2.33. The first-order valence-corrected chi connectivity index (χ1v) is 5.64. The van der Waals surface area contributed by atoms with Crippen LogP contribution in [0.4, 0.5) is 0 Å². The molecular weight excluding hydrogens is 250 g/mol. The van der Waals surface area contributed by atoms with Crippen LogP contribution in [0.2, 0.25) is 0 Å². The number of methoxy groups -OCH3 is 1. The fourth-order valence-electron chi connectivity index (χ4n) is 1.45. The summed E-state index contributed by atoms with van der Waals surface area (Å²) in [7, 11) is 1.62. The van der Waals surface area contributed by atoms with Crippen LogP contribution < -0.4 is 14.8 Å². The lowest BCUT2D eigenvalue weighted by Crippen LogP contribution is -2.22. The molecule has 0 saturated heterocycles. The largest absolute Gasteiger partial charge is 0.493 e. The molecular formula is C14H20ClNO2. The van der Waals surface area contributed by atoms with Gasteiger partial charge in [0.1, 0.15) is 6.61 Å². The number of benzene rings is 1. The molecule has 3 nitrogen and oxygen atoms in total. The van der Waals surface area contributed by atoms with E-state index in [2.05, 4.69) is 25.1 Å². The van der Waals surface area contributed by atoms with Crippen molar-refractivity contribution >= 4 is 12.4 Å². The van der Waals surface area contributed by atoms with Gasteiger partial charge in [0, 0.05) is 18.2 Å². The van der Waals surface area contributed by atoms with Gasteiger partial charge in [-0.15, -0.1) is 18.8 Å². The Morgan fingerprint density at radius 1 is 1.39 bits per heavy atom. The maximum atomic E-state index is 5.54. The van der Waals surface area contributed by atoms with Crippen molar-refractivity contribution in [2.75, 3.05) is 13.7 Å². The third-order valence-electron chi connectivity index (χ3n) is 2.28. The zero-order chi connectivity index (χ0) is 12.7. The number of ether oxygens (including phenoxy) is 2. The lowest BCUT2D eigenvalue weighted by molar-refractivity contribution is 0.326. The topological polar surface area (TPSA) is 30.5 Å². The van der Waals surface area contributed by atoms with Gasteiger partial charge in [-0.25, -0.2) is 0 Å². The molecule has 1 aromatic carbocycles. The highest BCUT2D eigenvalue weighted by Crippen LogP contribution is 2.30. The number of rotatable bonds is 6. The second kappa shape index (κ2) is 8.68. The van der Waals surface area contributed by atoms with E-state index in [1.54, 1.807) is 7.11 Å². The second-order valence-electron chi connectivity index (χ2n) is 3.98. The fourth-order valence-corrected chi connectivity index (χ4v) is 1.45. The number of hydrogen-bond donors (Lipinski definition) is 1. The quantitative estimate of drug-likeness (QED) is 0.806. The Labute approximate surface area is 115 Å². The van der Waals surface area contributed by atoms with Crippen molar-refractivity contribution in [3.05, 3.63) is 23.8 Å². The van der Waals surface area contributed by atoms with Gasteiger partial charge in [-0.1, -0.05) is 31.9 Å². The SMILES string of the molecule is C#CCOc1c(CNC(C)C)cccc1OC.Cl. The molecule has 0 fully saturated rings. The highest BCUT2D eigenvalue weighted by Gasteiger charge is 2.10. The molecule has 100 valence electrons. The lowest BCUT2D eigenvalue weighted by Gasteiger charge is -2.15. The molecule has 1 aromatic rings. The molecule has 0 spiro atoms. The predicted molar refractivity (Wildman–Crippen MR) is 76.5 cm³/mol. The van der Waals surface area contributed by atoms with Crippen LogP contribution in [-0.4, -0.2) is 19.8 Å². The van der Waals surface area contributed by atoms with Crippen molar-refractivity contribution in [2.45, 2.75) is 26.4 Å². The number of nitrogens with one attached hydrogen (secondary N) is 1. The molecule has 0 atom stereocenters. The monoisotopic (exact) mass is 269 g/mol. The summed E-state index contributed by atoms with van der Waals surface area (Å²) < 4.78 is 10.8. The van der Waals surface area contributed by atoms with Crippen LogP contribution in [-0.2, 0) is 6.54 Å². The maximum Gasteiger partial charge on any atom is 0.167 e. The lowest BCUT2D eigenvalue weighted by atomic mass is 10.1. The molecule has 4 heteroatoms. The van der Waals surface area contributed by atoms with E-state index >= 15 is 0 Å². The first-order chi connectivity index (χ1) is 8.19. The molecule has 0 aliphatic rings. The second-order valence-corrected chi connectivity index (χ2v) is 3.98. The molecule has 0 saturated carbocycles. The van der Waals surface area contributed by atoms with Gasteiger partial charge in [0.2, 0.25) is 0 Å². The molecule has 1 N–H and O–H groups in total. The Morgan fingerprint density at radius 2 is 2.11 bits per heavy atom. The van der Waals surface area contributed by atoms with Crippen molar-refractivity contribution in [3.8, 4) is 23.8 Å². The van der Waals surface area contributed by atoms with Gasteiger partial charge in [-0.3, -0.25) is 0 Å². The highest BCUT2D eigenvalue weighted by molar-refractivity contribution is 5.85. The summed E-state index contributed by atoms with van der Waals surface area (Å²) in [6.45, 7) is 5.17. The van der Waals surface area contributed by atoms with Crippen LogP contribution in [0, 0.1) is 12.3 Å². The van der Waals surface area contributed by atoms with E-state index in [0.29, 0.717) is 11.8 Å². The first kappa shape index (κ1) is 16.6. The zero-order valence-corrected chi connectivity index (χ0v) is 11.8. The Bertz CT molecular complexity index is 399. The number of terminal acetylenes is 1. The Hall–Kier alpha value is -1.37. The molecule has 0 aliphatic carbocycles. The van der Waals surface area contributed by atoms with Gasteiger partial charge in [0.25, 0.3) is 0 Å². The first-order valence-electron chi connectivity index (χ1n) is 5.64. The Balaban J connectivity index is 0.00000289. The van der Waals surface area contributed by atoms with Gasteiger partial charge in [-0.2, -0.15) is 0 Å². The summed E-state index contributed by atoms with van der Waals surface area (Å²) in [5.41, 5.74) is 1.05. The van der Waals surface area contributed by atoms with Crippen molar-refractivity contribution in [2.24, 2.45) is 0 Å². The van der Waals surface area contributed by atoms with E-state index in [1.807, 2.05) is 18.2 Å². The van der Waals surface area contributed by atoms with Gasteiger partial charge < -0.3 is 14.8 Å². The summed E-state index contributed by atoms with van der Waals surface area (Å²) in [5, 5.41) is 3.34. The molecule has 0 heterocycles. The van der Waals surface area contributed by atoms with E-state index in [4.69, 9.17) is 15.9 Å². The minimum absolute atomic E-state index is 0. The van der Waals surface area contributed by atoms with Crippen LogP contribution in [0.25, 0.3) is 0 Å². The number of halogens is 1. The van der Waals surface area contributed by atoms with Gasteiger partial charge in [0.05, 0.1) is 7.11 Å². The summed E-state index contributed by atoms with van der Waals surface area (Å²) in [6, 6.07) is 6.23. The van der Waals surface area contributed by atoms with Gasteiger partial charge in [-0.05, 0) is 6.07 Å². The van der Waals surface area contributed by atoms with Crippen molar-refractivity contribution in [1.82, 2.24) is 5.32 Å². The van der Waals surface area contributed by atoms with E-state index < -0.39 is 0 Å². The maximum absolute atomic E-state index is 5.54. The van der Waals surface area contributed by atoms with E-state index in [0.717, 1.165) is 17.9 Å². The van der Waals surface area contributed by atoms with Gasteiger partial charge >= 0.3 is 0 Å². The van der Waals surface area contributed by atoms with Crippen molar-refractivity contribution in [3.63, 3.8) is 0 Å². The van der Waals surface area contributed by atoms with Crippen LogP contribution in [0.1, 0.15) is 19.4 Å². The fraction of sp³-hybridized carbons (Fsp3) is 0.429. The summed E-state index contributed by atoms with van der Waals surface area (Å²) in [6.07, 6.45) is 5.21. The minimum Gasteiger partial charge on any atom is -0.493 e. The normalized spacial score (nSPS) is 9.50. The Morgan fingerprint density at radius 3 is 2.67 bits per heavy atom. The van der Waals surface area contributed by atoms with Crippen LogP contribution >= 0.6 is 12.4 Å². The summed E-state index contributed by atoms with van der Waals surface area (Å²) in [5.74, 6) is 3.90. The molecule has 0 aliphatic heterocycles. The standard InChI is InChI=1S/C14H19NO2.ClH/c1-5-9-17-14-12(10-15-11(2)3)7-6-8-13(14)16-4;/h1,6-8,11,15H,9-10H2,2-4H3;1H. The molecule has 1 rings (SSSR count). The summed E-state index contributed by atoms with van der Waals surface area (Å²) in [4.78, 5) is 0. The third-order valence-corrected chi connectivity index (χ3v) is 2.28. The molecule has 0 radical (unpaired) electrons. The molecule has 0 bridgehead atoms. The summed E-state index contributed by atoms with van der Waals surface area (Å²) >= 11 is 0. The molecule has 0 unspecified atom stereocenters. The smallest absolute Gasteiger partial charge is 0.167 e. The van der Waals surface area contributed by atoms with Crippen LogP contribution in [0.15, 0.2) is 18.2 Å². The van der Waals surface area contributed by atoms with E-state index in [9.17, 15) is 0 Å². The van der Waals surface area contributed by atoms with Crippen molar-refractivity contribution < 1.29 is 9.47 Å². The predicted octanol–water partition coefficient (Wildman–Crippen LogP) is 2.63. The van der Waals surface area contributed by atoms with Gasteiger partial charge in [0.15, 0.2) is 11.5 Å². The minimum atomic E-state index is 0.